The number of nitro benzene ring substituents is 1. The summed E-state index contributed by atoms with van der Waals surface area (Å²) in [5, 5.41) is 14.2. The summed E-state index contributed by atoms with van der Waals surface area (Å²) in [6.07, 6.45) is 3.46. The van der Waals surface area contributed by atoms with Gasteiger partial charge < -0.3 is 5.32 Å². The molecule has 2 rings (SSSR count). The Morgan fingerprint density at radius 1 is 1.44 bits per heavy atom. The van der Waals surface area contributed by atoms with Gasteiger partial charge in [0.15, 0.2) is 0 Å². The van der Waals surface area contributed by atoms with Crippen molar-refractivity contribution >= 4 is 11.4 Å². The van der Waals surface area contributed by atoms with Crippen LogP contribution >= 0.6 is 0 Å². The summed E-state index contributed by atoms with van der Waals surface area (Å²) in [5.74, 6) is 0. The Kier molecular flexibility index (Phi) is 3.28. The highest BCUT2D eigenvalue weighted by Crippen LogP contribution is 2.38. The summed E-state index contributed by atoms with van der Waals surface area (Å²) in [6, 6.07) is 5.43. The van der Waals surface area contributed by atoms with E-state index in [1.165, 1.54) is 6.42 Å². The molecule has 18 heavy (non-hydrogen) atoms. The van der Waals surface area contributed by atoms with E-state index in [0.717, 1.165) is 24.1 Å². The van der Waals surface area contributed by atoms with E-state index in [2.05, 4.69) is 19.2 Å². The van der Waals surface area contributed by atoms with E-state index in [1.54, 1.807) is 18.2 Å². The second kappa shape index (κ2) is 4.59. The average Bonchev–Trinajstić information content (AvgIpc) is 2.61. The van der Waals surface area contributed by atoms with Gasteiger partial charge in [0.05, 0.1) is 4.92 Å². The lowest BCUT2D eigenvalue weighted by atomic mass is 9.92. The topological polar surface area (TPSA) is 55.2 Å². The van der Waals surface area contributed by atoms with Crippen LogP contribution < -0.4 is 5.32 Å². The van der Waals surface area contributed by atoms with Gasteiger partial charge in [-0.15, -0.1) is 0 Å². The van der Waals surface area contributed by atoms with Crippen LogP contribution in [-0.2, 0) is 0 Å². The smallest absolute Gasteiger partial charge is 0.271 e. The number of benzene rings is 1. The maximum atomic E-state index is 10.8. The van der Waals surface area contributed by atoms with Crippen LogP contribution in [0.4, 0.5) is 11.4 Å². The number of anilines is 1. The van der Waals surface area contributed by atoms with Crippen molar-refractivity contribution in [3.63, 3.8) is 0 Å². The maximum absolute atomic E-state index is 10.8. The number of nitrogens with zero attached hydrogens (tertiary/aromatic N) is 1. The van der Waals surface area contributed by atoms with Gasteiger partial charge >= 0.3 is 0 Å². The van der Waals surface area contributed by atoms with Crippen molar-refractivity contribution in [2.75, 3.05) is 5.32 Å². The third-order valence-electron chi connectivity index (χ3n) is 3.76. The first kappa shape index (κ1) is 12.9. The molecule has 0 aliphatic heterocycles. The third-order valence-corrected chi connectivity index (χ3v) is 3.76. The lowest BCUT2D eigenvalue weighted by Gasteiger charge is -2.19. The molecule has 4 nitrogen and oxygen atoms in total. The fourth-order valence-electron chi connectivity index (χ4n) is 2.66. The second-order valence-corrected chi connectivity index (χ2v) is 6.00. The van der Waals surface area contributed by atoms with Crippen LogP contribution in [0.15, 0.2) is 18.2 Å². The van der Waals surface area contributed by atoms with Crippen molar-refractivity contribution in [1.29, 1.82) is 0 Å². The van der Waals surface area contributed by atoms with Gasteiger partial charge in [-0.2, -0.15) is 0 Å². The first-order chi connectivity index (χ1) is 8.37. The zero-order valence-corrected chi connectivity index (χ0v) is 11.2. The van der Waals surface area contributed by atoms with Gasteiger partial charge in [-0.3, -0.25) is 10.1 Å². The monoisotopic (exact) mass is 248 g/mol. The summed E-state index contributed by atoms with van der Waals surface area (Å²) in [5.41, 5.74) is 2.49. The second-order valence-electron chi connectivity index (χ2n) is 6.00. The van der Waals surface area contributed by atoms with Gasteiger partial charge in [0.1, 0.15) is 0 Å². The molecule has 1 unspecified atom stereocenters. The Balaban J connectivity index is 2.14. The van der Waals surface area contributed by atoms with Crippen molar-refractivity contribution < 1.29 is 4.92 Å². The largest absolute Gasteiger partial charge is 0.382 e. The summed E-state index contributed by atoms with van der Waals surface area (Å²) in [4.78, 5) is 10.4. The Labute approximate surface area is 108 Å². The van der Waals surface area contributed by atoms with Crippen molar-refractivity contribution in [1.82, 2.24) is 0 Å². The molecule has 0 amide bonds. The molecule has 0 spiro atoms. The minimum atomic E-state index is -0.344. The minimum Gasteiger partial charge on any atom is -0.382 e. The van der Waals surface area contributed by atoms with Gasteiger partial charge in [0.2, 0.25) is 0 Å². The zero-order valence-electron chi connectivity index (χ0n) is 11.2. The van der Waals surface area contributed by atoms with E-state index in [4.69, 9.17) is 0 Å². The Morgan fingerprint density at radius 2 is 2.17 bits per heavy atom. The fourth-order valence-corrected chi connectivity index (χ4v) is 2.66. The molecule has 0 saturated heterocycles. The predicted octanol–water partition coefficient (Wildman–Crippen LogP) is 3.89. The molecule has 4 heteroatoms. The molecule has 0 bridgehead atoms. The fraction of sp³-hybridized carbons (Fsp3) is 0.571. The van der Waals surface area contributed by atoms with Crippen LogP contribution in [0.2, 0.25) is 0 Å². The number of hydrogen-bond acceptors (Lipinski definition) is 3. The molecule has 0 aromatic heterocycles. The molecule has 0 heterocycles. The highest BCUT2D eigenvalue weighted by atomic mass is 16.6. The summed E-state index contributed by atoms with van der Waals surface area (Å²) in [7, 11) is 0. The van der Waals surface area contributed by atoms with Crippen LogP contribution in [0, 0.1) is 22.5 Å². The van der Waals surface area contributed by atoms with E-state index in [1.807, 2.05) is 6.92 Å². The van der Waals surface area contributed by atoms with Crippen LogP contribution in [0.25, 0.3) is 0 Å². The molecule has 1 fully saturated rings. The number of hydrogen-bond donors (Lipinski definition) is 1. The van der Waals surface area contributed by atoms with E-state index in [-0.39, 0.29) is 10.6 Å². The van der Waals surface area contributed by atoms with Gasteiger partial charge in [-0.1, -0.05) is 19.9 Å². The Morgan fingerprint density at radius 3 is 2.72 bits per heavy atom. The number of nitrogens with one attached hydrogen (secondary N) is 1. The van der Waals surface area contributed by atoms with Crippen molar-refractivity contribution in [2.24, 2.45) is 5.41 Å². The molecule has 1 aliphatic rings. The van der Waals surface area contributed by atoms with Gasteiger partial charge in [0, 0.05) is 23.9 Å². The molecule has 1 atom stereocenters. The highest BCUT2D eigenvalue weighted by Gasteiger charge is 2.31. The van der Waals surface area contributed by atoms with Crippen LogP contribution in [0.1, 0.15) is 38.7 Å². The number of nitro groups is 1. The molecule has 98 valence electrons. The van der Waals surface area contributed by atoms with Gasteiger partial charge in [-0.25, -0.2) is 0 Å². The van der Waals surface area contributed by atoms with E-state index < -0.39 is 0 Å². The zero-order chi connectivity index (χ0) is 13.3. The van der Waals surface area contributed by atoms with Crippen molar-refractivity contribution in [3.8, 4) is 0 Å². The number of rotatable bonds is 3. The van der Waals surface area contributed by atoms with Crippen LogP contribution in [0.3, 0.4) is 0 Å². The quantitative estimate of drug-likeness (QED) is 0.652. The molecular formula is C14H20N2O2. The lowest BCUT2D eigenvalue weighted by Crippen LogP contribution is -2.18. The molecule has 1 aromatic rings. The van der Waals surface area contributed by atoms with Crippen molar-refractivity contribution in [2.45, 2.75) is 46.1 Å². The minimum absolute atomic E-state index is 0.153. The van der Waals surface area contributed by atoms with Gasteiger partial charge in [0.25, 0.3) is 5.69 Å². The Hall–Kier alpha value is -1.58. The first-order valence-corrected chi connectivity index (χ1v) is 6.39. The average molecular weight is 248 g/mol. The van der Waals surface area contributed by atoms with Crippen LogP contribution in [0.5, 0.6) is 0 Å². The van der Waals surface area contributed by atoms with Crippen LogP contribution in [-0.4, -0.2) is 11.0 Å². The normalized spacial score (nSPS) is 21.8. The summed E-state index contributed by atoms with van der Waals surface area (Å²) >= 11 is 0. The third kappa shape index (κ3) is 2.81. The molecule has 1 saturated carbocycles. The highest BCUT2D eigenvalue weighted by molar-refractivity contribution is 5.57. The molecule has 1 aromatic carbocycles. The standard InChI is InChI=1S/C14H20N2O2/c1-10-4-5-12(16(17)18)8-13(10)15-11-6-7-14(2,3)9-11/h4-5,8,11,15H,6-7,9H2,1-3H3. The molecule has 1 aliphatic carbocycles. The molecular weight excluding hydrogens is 228 g/mol. The molecule has 0 radical (unpaired) electrons. The maximum Gasteiger partial charge on any atom is 0.271 e. The lowest BCUT2D eigenvalue weighted by molar-refractivity contribution is -0.384. The van der Waals surface area contributed by atoms with E-state index >= 15 is 0 Å². The number of aryl methyl sites for hydroxylation is 1. The summed E-state index contributed by atoms with van der Waals surface area (Å²) < 4.78 is 0. The predicted molar refractivity (Wildman–Crippen MR) is 72.9 cm³/mol. The first-order valence-electron chi connectivity index (χ1n) is 6.39. The SMILES string of the molecule is Cc1ccc([N+](=O)[O-])cc1NC1CCC(C)(C)C1. The molecule has 1 N–H and O–H groups in total. The van der Waals surface area contributed by atoms with E-state index in [9.17, 15) is 10.1 Å². The Bertz CT molecular complexity index is 469. The summed E-state index contributed by atoms with van der Waals surface area (Å²) in [6.45, 7) is 6.52. The number of non-ortho nitro benzene ring substituents is 1. The van der Waals surface area contributed by atoms with Gasteiger partial charge in [-0.05, 0) is 37.2 Å². The van der Waals surface area contributed by atoms with E-state index in [0.29, 0.717) is 11.5 Å². The van der Waals surface area contributed by atoms with Crippen molar-refractivity contribution in [3.05, 3.63) is 33.9 Å².